The van der Waals surface area contributed by atoms with Crippen LogP contribution in [0.3, 0.4) is 0 Å². The highest BCUT2D eigenvalue weighted by atomic mass is 79.9. The number of hydrogen-bond donors (Lipinski definition) is 0. The predicted octanol–water partition coefficient (Wildman–Crippen LogP) is 5.15. The van der Waals surface area contributed by atoms with Gasteiger partial charge in [-0.3, -0.25) is 19.1 Å². The lowest BCUT2D eigenvalue weighted by atomic mass is 10.1. The van der Waals surface area contributed by atoms with Crippen LogP contribution < -0.4 is 14.4 Å². The average molecular weight is 613 g/mol. The van der Waals surface area contributed by atoms with Gasteiger partial charge in [0.25, 0.3) is 11.7 Å². The number of methoxy groups -OCH3 is 1. The van der Waals surface area contributed by atoms with Crippen LogP contribution in [0.1, 0.15) is 27.2 Å². The summed E-state index contributed by atoms with van der Waals surface area (Å²) in [6, 6.07) is 20.0. The Hall–Kier alpha value is -4.83. The van der Waals surface area contributed by atoms with Crippen molar-refractivity contribution in [2.24, 2.45) is 0 Å². The molecule has 1 amide bonds. The molecule has 0 spiro atoms. The van der Waals surface area contributed by atoms with Crippen molar-refractivity contribution < 1.29 is 23.9 Å². The molecule has 0 radical (unpaired) electrons. The van der Waals surface area contributed by atoms with Crippen molar-refractivity contribution in [2.75, 3.05) is 18.6 Å². The number of Topliss-reactive ketones (excluding diaryl/α,β-unsaturated/α-hetero) is 1. The van der Waals surface area contributed by atoms with Crippen LogP contribution in [0.2, 0.25) is 0 Å². The predicted molar refractivity (Wildman–Crippen MR) is 158 cm³/mol. The second kappa shape index (κ2) is 12.6. The highest BCUT2D eigenvalue weighted by Gasteiger charge is 2.35. The van der Waals surface area contributed by atoms with E-state index in [1.165, 1.54) is 17.1 Å². The van der Waals surface area contributed by atoms with Gasteiger partial charge in [0.05, 0.1) is 31.1 Å². The highest BCUT2D eigenvalue weighted by Crippen LogP contribution is 2.30. The molecule has 41 heavy (non-hydrogen) atoms. The van der Waals surface area contributed by atoms with Crippen LogP contribution in [0.15, 0.2) is 89.6 Å². The van der Waals surface area contributed by atoms with E-state index in [-0.39, 0.29) is 18.9 Å². The number of ketones is 2. The first-order chi connectivity index (χ1) is 19.9. The lowest BCUT2D eigenvalue weighted by molar-refractivity contribution is -0.114. The van der Waals surface area contributed by atoms with E-state index in [1.54, 1.807) is 66.5 Å². The minimum absolute atomic E-state index is 0.141. The summed E-state index contributed by atoms with van der Waals surface area (Å²) < 4.78 is 13.9. The van der Waals surface area contributed by atoms with Crippen LogP contribution in [0.5, 0.6) is 11.5 Å². The fraction of sp³-hybridized carbons (Fsp3) is 0.129. The molecule has 9 nitrogen and oxygen atoms in total. The number of carbonyl (C=O) groups excluding carboxylic acids is 3. The zero-order valence-corrected chi connectivity index (χ0v) is 23.7. The Balaban J connectivity index is 1.15. The molecule has 0 fully saturated rings. The Morgan fingerprint density at radius 3 is 2.49 bits per heavy atom. The van der Waals surface area contributed by atoms with Crippen LogP contribution in [-0.2, 0) is 22.7 Å². The molecule has 1 aromatic heterocycles. The van der Waals surface area contributed by atoms with Gasteiger partial charge >= 0.3 is 0 Å². The topological polar surface area (TPSA) is 104 Å². The van der Waals surface area contributed by atoms with Gasteiger partial charge in [0.1, 0.15) is 12.3 Å². The Kier molecular flexibility index (Phi) is 8.50. The van der Waals surface area contributed by atoms with E-state index in [0.717, 1.165) is 15.6 Å². The van der Waals surface area contributed by atoms with Gasteiger partial charge in [0.2, 0.25) is 0 Å². The van der Waals surface area contributed by atoms with Gasteiger partial charge in [-0.2, -0.15) is 0 Å². The third-order valence-corrected chi connectivity index (χ3v) is 6.80. The SMILES string of the molecule is COc1cc(/C=C/C(=O)/C=C/c2cccc(Br)c2)ccc1OCc1cn(CCN2C(=O)C(=O)c3ccccc32)nn1. The van der Waals surface area contributed by atoms with E-state index in [9.17, 15) is 14.4 Å². The third-order valence-electron chi connectivity index (χ3n) is 6.31. The maximum Gasteiger partial charge on any atom is 0.299 e. The first kappa shape index (κ1) is 27.7. The summed E-state index contributed by atoms with van der Waals surface area (Å²) >= 11 is 3.42. The van der Waals surface area contributed by atoms with Crippen LogP contribution in [0.25, 0.3) is 12.2 Å². The maximum atomic E-state index is 12.4. The summed E-state index contributed by atoms with van der Waals surface area (Å²) in [5, 5.41) is 8.25. The first-order valence-electron chi connectivity index (χ1n) is 12.7. The quantitative estimate of drug-likeness (QED) is 0.170. The van der Waals surface area contributed by atoms with Crippen molar-refractivity contribution in [3.63, 3.8) is 0 Å². The summed E-state index contributed by atoms with van der Waals surface area (Å²) in [7, 11) is 1.54. The van der Waals surface area contributed by atoms with Crippen LogP contribution in [0.4, 0.5) is 5.69 Å². The smallest absolute Gasteiger partial charge is 0.299 e. The lowest BCUT2D eigenvalue weighted by Crippen LogP contribution is -2.32. The molecule has 3 aromatic carbocycles. The minimum atomic E-state index is -0.540. The molecule has 4 aromatic rings. The Morgan fingerprint density at radius 2 is 1.71 bits per heavy atom. The fourth-order valence-electron chi connectivity index (χ4n) is 4.27. The van der Waals surface area contributed by atoms with Crippen LogP contribution >= 0.6 is 15.9 Å². The summed E-state index contributed by atoms with van der Waals surface area (Å²) in [4.78, 5) is 38.3. The zero-order valence-electron chi connectivity index (χ0n) is 22.1. The number of aromatic nitrogens is 3. The van der Waals surface area contributed by atoms with Crippen molar-refractivity contribution in [3.05, 3.63) is 112 Å². The van der Waals surface area contributed by atoms with Gasteiger partial charge in [-0.05, 0) is 59.7 Å². The molecule has 5 rings (SSSR count). The monoisotopic (exact) mass is 612 g/mol. The molecule has 0 unspecified atom stereocenters. The number of hydrogen-bond acceptors (Lipinski definition) is 7. The van der Waals surface area contributed by atoms with E-state index in [0.29, 0.717) is 35.0 Å². The molecule has 0 N–H and O–H groups in total. The molecule has 0 saturated heterocycles. The van der Waals surface area contributed by atoms with E-state index >= 15 is 0 Å². The van der Waals surface area contributed by atoms with Gasteiger partial charge in [0.15, 0.2) is 17.3 Å². The van der Waals surface area contributed by atoms with Crippen molar-refractivity contribution in [1.29, 1.82) is 0 Å². The van der Waals surface area contributed by atoms with Crippen molar-refractivity contribution >= 4 is 51.2 Å². The Labute approximate surface area is 244 Å². The number of carbonyl (C=O) groups is 3. The van der Waals surface area contributed by atoms with Gasteiger partial charge in [-0.15, -0.1) is 5.10 Å². The molecule has 1 aliphatic heterocycles. The van der Waals surface area contributed by atoms with Gasteiger partial charge < -0.3 is 14.4 Å². The molecular weight excluding hydrogens is 588 g/mol. The van der Waals surface area contributed by atoms with E-state index in [2.05, 4.69) is 26.2 Å². The van der Waals surface area contributed by atoms with E-state index < -0.39 is 11.7 Å². The van der Waals surface area contributed by atoms with Gasteiger partial charge in [-0.25, -0.2) is 0 Å². The minimum Gasteiger partial charge on any atom is -0.493 e. The molecule has 0 bridgehead atoms. The molecule has 0 atom stereocenters. The molecule has 0 saturated carbocycles. The number of amides is 1. The lowest BCUT2D eigenvalue weighted by Gasteiger charge is -2.15. The fourth-order valence-corrected chi connectivity index (χ4v) is 4.68. The number of para-hydroxylation sites is 1. The third kappa shape index (κ3) is 6.67. The van der Waals surface area contributed by atoms with E-state index in [4.69, 9.17) is 9.47 Å². The van der Waals surface area contributed by atoms with Crippen LogP contribution in [-0.4, -0.2) is 46.1 Å². The molecule has 0 aliphatic carbocycles. The molecular formula is C31H25BrN4O5. The van der Waals surface area contributed by atoms with Gasteiger partial charge in [0, 0.05) is 11.0 Å². The summed E-state index contributed by atoms with van der Waals surface area (Å²) in [6.45, 7) is 0.798. The van der Waals surface area contributed by atoms with Crippen LogP contribution in [0, 0.1) is 0 Å². The molecule has 1 aliphatic rings. The van der Waals surface area contributed by atoms with Gasteiger partial charge in [-0.1, -0.05) is 63.6 Å². The number of nitrogens with zero attached hydrogens (tertiary/aromatic N) is 4. The number of rotatable bonds is 11. The second-order valence-electron chi connectivity index (χ2n) is 9.10. The van der Waals surface area contributed by atoms with Crippen molar-refractivity contribution in [3.8, 4) is 11.5 Å². The zero-order chi connectivity index (χ0) is 28.8. The Morgan fingerprint density at radius 1 is 0.927 bits per heavy atom. The normalized spacial score (nSPS) is 12.9. The number of halogens is 1. The summed E-state index contributed by atoms with van der Waals surface area (Å²) in [5.41, 5.74) is 3.32. The molecule has 10 heteroatoms. The molecule has 206 valence electrons. The standard InChI is InChI=1S/C31H25BrN4O5/c1-40-29-18-22(10-13-25(37)12-9-21-5-4-6-23(32)17-21)11-14-28(29)41-20-24-19-35(34-33-24)15-16-36-27-8-3-2-7-26(27)30(38)31(36)39/h2-14,17-19H,15-16,20H2,1H3/b12-9+,13-10+. The molecule has 2 heterocycles. The number of ether oxygens (including phenoxy) is 2. The van der Waals surface area contributed by atoms with Crippen molar-refractivity contribution in [1.82, 2.24) is 15.0 Å². The summed E-state index contributed by atoms with van der Waals surface area (Å²) in [6.07, 6.45) is 8.21. The number of fused-ring (bicyclic) bond motifs is 1. The largest absolute Gasteiger partial charge is 0.493 e. The maximum absolute atomic E-state index is 12.4. The summed E-state index contributed by atoms with van der Waals surface area (Å²) in [5.74, 6) is -0.159. The van der Waals surface area contributed by atoms with Crippen molar-refractivity contribution in [2.45, 2.75) is 13.2 Å². The highest BCUT2D eigenvalue weighted by molar-refractivity contribution is 9.10. The van der Waals surface area contributed by atoms with E-state index in [1.807, 2.05) is 30.3 Å². The average Bonchev–Trinajstić information content (AvgIpc) is 3.54. The second-order valence-corrected chi connectivity index (χ2v) is 10.0. The number of allylic oxidation sites excluding steroid dienone is 2. The Bertz CT molecular complexity index is 1680. The number of anilines is 1. The number of benzene rings is 3. The first-order valence-corrected chi connectivity index (χ1v) is 13.5.